The molecule has 0 amide bonds. The van der Waals surface area contributed by atoms with Crippen LogP contribution in [0.4, 0.5) is 0 Å². The molecule has 0 saturated carbocycles. The van der Waals surface area contributed by atoms with E-state index in [4.69, 9.17) is 0 Å². The monoisotopic (exact) mass is 1100 g/mol. The van der Waals surface area contributed by atoms with Crippen LogP contribution < -0.4 is 0 Å². The molecule has 0 unspecified atom stereocenters. The van der Waals surface area contributed by atoms with E-state index in [0.717, 1.165) is 23.7 Å². The number of thioether (sulfide) groups is 4. The Balaban J connectivity index is 1.06. The molecule has 0 radical (unpaired) electrons. The molecule has 0 fully saturated rings. The third-order valence-corrected chi connectivity index (χ3v) is 22.0. The first-order valence-electron chi connectivity index (χ1n) is 28.8. The van der Waals surface area contributed by atoms with Gasteiger partial charge in [-0.3, -0.25) is 0 Å². The maximum atomic E-state index is 2.61. The predicted octanol–water partition coefficient (Wildman–Crippen LogP) is 23.3. The molecule has 2 aliphatic carbocycles. The zero-order chi connectivity index (χ0) is 51.6. The van der Waals surface area contributed by atoms with E-state index in [1.807, 2.05) is 69.7 Å². The minimum absolute atomic E-state index is 0.945. The van der Waals surface area contributed by atoms with Gasteiger partial charge in [0.2, 0.25) is 0 Å². The molecule has 0 spiro atoms. The highest BCUT2D eigenvalue weighted by atomic mass is 32.2. The Morgan fingerprint density at radius 2 is 0.640 bits per heavy atom. The Morgan fingerprint density at radius 3 is 1.00 bits per heavy atom. The summed E-state index contributed by atoms with van der Waals surface area (Å²) >= 11 is 11.9. The van der Waals surface area contributed by atoms with Gasteiger partial charge in [0.05, 0.1) is 4.24 Å². The van der Waals surface area contributed by atoms with Crippen LogP contribution in [-0.4, -0.2) is 0 Å². The zero-order valence-electron chi connectivity index (χ0n) is 45.4. The average Bonchev–Trinajstić information content (AvgIpc) is 4.27. The van der Waals surface area contributed by atoms with E-state index in [0.29, 0.717) is 0 Å². The molecule has 9 rings (SSSR count). The van der Waals surface area contributed by atoms with Crippen molar-refractivity contribution in [3.8, 4) is 20.9 Å². The van der Waals surface area contributed by atoms with Crippen molar-refractivity contribution in [2.45, 2.75) is 178 Å². The second kappa shape index (κ2) is 29.4. The molecule has 75 heavy (non-hydrogen) atoms. The number of unbranched alkanes of at least 4 members (excludes halogenated alkanes) is 12. The lowest BCUT2D eigenvalue weighted by Gasteiger charge is -2.16. The van der Waals surface area contributed by atoms with Gasteiger partial charge in [-0.25, -0.2) is 0 Å². The third-order valence-electron chi connectivity index (χ3n) is 15.1. The number of rotatable bonds is 31. The molecule has 7 aromatic rings. The summed E-state index contributed by atoms with van der Waals surface area (Å²) in [5, 5.41) is 4.67. The van der Waals surface area contributed by atoms with Crippen LogP contribution in [0.2, 0.25) is 0 Å². The largest absolute Gasteiger partial charge is 0.143 e. The number of hydrogen-bond donors (Lipinski definition) is 0. The SMILES string of the molecule is CCCCCCc1ccc(CSC(SCc2ccc(CCCCCC)cc2)=C2c3cc4c(cc3-c3sccc32)/C(=C(\SCc2ccc(CCCCCC)cc2)Sc2ccc(CCCCCC)cc2)c2ccsc2-4)cc1. The van der Waals surface area contributed by atoms with Crippen molar-refractivity contribution in [1.82, 2.24) is 0 Å². The van der Waals surface area contributed by atoms with Crippen molar-refractivity contribution in [3.05, 3.63) is 202 Å². The van der Waals surface area contributed by atoms with Crippen LogP contribution in [-0.2, 0) is 42.9 Å². The molecule has 2 aromatic heterocycles. The average molecular weight is 1100 g/mol. The van der Waals surface area contributed by atoms with Crippen LogP contribution in [0, 0.1) is 0 Å². The maximum Gasteiger partial charge on any atom is 0.0538 e. The molecule has 0 aliphatic heterocycles. The van der Waals surface area contributed by atoms with Crippen molar-refractivity contribution in [2.75, 3.05) is 0 Å². The zero-order valence-corrected chi connectivity index (χ0v) is 50.3. The Kier molecular flexibility index (Phi) is 22.0. The maximum absolute atomic E-state index is 2.61. The second-order valence-electron chi connectivity index (χ2n) is 20.9. The summed E-state index contributed by atoms with van der Waals surface area (Å²) in [5.74, 6) is 2.86. The van der Waals surface area contributed by atoms with E-state index in [1.165, 1.54) is 229 Å². The highest BCUT2D eigenvalue weighted by Crippen LogP contribution is 2.59. The number of aryl methyl sites for hydroxylation is 4. The van der Waals surface area contributed by atoms with Crippen molar-refractivity contribution in [2.24, 2.45) is 0 Å². The van der Waals surface area contributed by atoms with E-state index in [-0.39, 0.29) is 0 Å². The normalized spacial score (nSPS) is 13.0. The fourth-order valence-electron chi connectivity index (χ4n) is 10.6. The first-order chi connectivity index (χ1) is 37.0. The van der Waals surface area contributed by atoms with Crippen LogP contribution in [0.5, 0.6) is 0 Å². The molecular weight excluding hydrogens is 1020 g/mol. The van der Waals surface area contributed by atoms with Gasteiger partial charge in [-0.1, -0.05) is 201 Å². The van der Waals surface area contributed by atoms with Crippen molar-refractivity contribution in [1.29, 1.82) is 0 Å². The molecule has 2 aliphatic rings. The summed E-state index contributed by atoms with van der Waals surface area (Å²) in [6.07, 6.45) is 25.6. The van der Waals surface area contributed by atoms with Crippen LogP contribution >= 0.6 is 69.7 Å². The van der Waals surface area contributed by atoms with Crippen LogP contribution in [0.25, 0.3) is 32.0 Å². The van der Waals surface area contributed by atoms with Gasteiger partial charge in [0, 0.05) is 69.5 Å². The molecule has 0 saturated heterocycles. The standard InChI is InChI=1S/C69H80S6/c1-5-9-13-17-21-50-25-31-54(32-26-50)47-72-68(73-48-55-33-27-51(28-34-55)22-18-14-10-6-2)64-58-41-43-70-66(58)62-46-61-63(45-60(62)64)67-59(42-44-71-67)65(61)69(75-57-39-37-53(38-40-57)24-20-16-12-8-4)74-49-56-35-29-52(30-36-56)23-19-15-11-7-3/h25-46H,5-24,47-49H2,1-4H3/b69-65+. The lowest BCUT2D eigenvalue weighted by molar-refractivity contribution is 0.667. The molecule has 0 N–H and O–H groups in total. The Morgan fingerprint density at radius 1 is 0.320 bits per heavy atom. The topological polar surface area (TPSA) is 0 Å². The minimum Gasteiger partial charge on any atom is -0.143 e. The molecule has 392 valence electrons. The van der Waals surface area contributed by atoms with E-state index >= 15 is 0 Å². The van der Waals surface area contributed by atoms with Gasteiger partial charge in [0.15, 0.2) is 0 Å². The van der Waals surface area contributed by atoms with E-state index in [9.17, 15) is 0 Å². The van der Waals surface area contributed by atoms with Gasteiger partial charge in [-0.15, -0.1) is 58.0 Å². The number of thiophene rings is 2. The number of hydrogen-bond acceptors (Lipinski definition) is 6. The number of benzene rings is 5. The number of fused-ring (bicyclic) bond motifs is 6. The lowest BCUT2D eigenvalue weighted by Crippen LogP contribution is -1.92. The predicted molar refractivity (Wildman–Crippen MR) is 342 cm³/mol. The van der Waals surface area contributed by atoms with E-state index in [2.05, 4.69) is 160 Å². The summed E-state index contributed by atoms with van der Waals surface area (Å²) < 4.78 is 2.84. The Bertz CT molecular complexity index is 2870. The first-order valence-corrected chi connectivity index (χ1v) is 34.3. The van der Waals surface area contributed by atoms with Crippen molar-refractivity contribution >= 4 is 80.9 Å². The van der Waals surface area contributed by atoms with Gasteiger partial charge in [-0.05, 0) is 149 Å². The molecule has 5 aromatic carbocycles. The summed E-state index contributed by atoms with van der Waals surface area (Å²) in [7, 11) is 0. The van der Waals surface area contributed by atoms with Crippen molar-refractivity contribution in [3.63, 3.8) is 0 Å². The van der Waals surface area contributed by atoms with Gasteiger partial charge >= 0.3 is 0 Å². The van der Waals surface area contributed by atoms with Crippen molar-refractivity contribution < 1.29 is 0 Å². The smallest absolute Gasteiger partial charge is 0.0538 e. The van der Waals surface area contributed by atoms with E-state index in [1.54, 1.807) is 0 Å². The summed E-state index contributed by atoms with van der Waals surface area (Å²) in [6, 6.07) is 48.3. The fraction of sp³-hybridized carbons (Fsp3) is 0.391. The fourth-order valence-corrected chi connectivity index (χ4v) is 17.2. The Labute approximate surface area is 477 Å². The molecular formula is C69H80S6. The van der Waals surface area contributed by atoms with E-state index < -0.39 is 0 Å². The molecule has 0 bridgehead atoms. The highest BCUT2D eigenvalue weighted by Gasteiger charge is 2.35. The lowest BCUT2D eigenvalue weighted by atomic mass is 9.98. The second-order valence-corrected chi connectivity index (χ2v) is 27.3. The first kappa shape index (κ1) is 56.1. The molecule has 0 atom stereocenters. The summed E-state index contributed by atoms with van der Waals surface area (Å²) in [6.45, 7) is 9.19. The van der Waals surface area contributed by atoms with Gasteiger partial charge in [0.1, 0.15) is 0 Å². The summed E-state index contributed by atoms with van der Waals surface area (Å²) in [5.41, 5.74) is 21.3. The van der Waals surface area contributed by atoms with Gasteiger partial charge in [0.25, 0.3) is 0 Å². The molecule has 0 nitrogen and oxygen atoms in total. The van der Waals surface area contributed by atoms with Gasteiger partial charge in [-0.2, -0.15) is 0 Å². The molecule has 2 heterocycles. The highest BCUT2D eigenvalue weighted by molar-refractivity contribution is 8.22. The quantitative estimate of drug-likeness (QED) is 0.0314. The van der Waals surface area contributed by atoms with Gasteiger partial charge < -0.3 is 0 Å². The van der Waals surface area contributed by atoms with Crippen LogP contribution in [0.1, 0.15) is 192 Å². The van der Waals surface area contributed by atoms with Crippen LogP contribution in [0.15, 0.2) is 145 Å². The molecule has 6 heteroatoms. The minimum atomic E-state index is 0.945. The summed E-state index contributed by atoms with van der Waals surface area (Å²) in [4.78, 5) is 4.16. The third kappa shape index (κ3) is 15.2. The van der Waals surface area contributed by atoms with Crippen LogP contribution in [0.3, 0.4) is 0 Å². The Hall–Kier alpha value is -3.62.